The molecule has 1 saturated heterocycles. The number of thioether (sulfide) groups is 1. The van der Waals surface area contributed by atoms with Crippen LogP contribution in [0.2, 0.25) is 0 Å². The van der Waals surface area contributed by atoms with Gasteiger partial charge in [0.2, 0.25) is 5.16 Å². The Balaban J connectivity index is 1.55. The van der Waals surface area contributed by atoms with Crippen molar-refractivity contribution < 1.29 is 4.39 Å². The zero-order valence-corrected chi connectivity index (χ0v) is 13.6. The third-order valence-electron chi connectivity index (χ3n) is 4.20. The van der Waals surface area contributed by atoms with E-state index < -0.39 is 0 Å². The van der Waals surface area contributed by atoms with Crippen LogP contribution < -0.4 is 0 Å². The number of benzene rings is 1. The Labute approximate surface area is 134 Å². The number of H-pyrrole nitrogens is 1. The maximum atomic E-state index is 13.7. The average molecular weight is 320 g/mol. The van der Waals surface area contributed by atoms with E-state index in [1.54, 1.807) is 30.0 Å². The standard InChI is InChI=1S/C16H21FN4S/c1-21-10-5-4-6-12(21)9-11-22-16-18-15(19-20-16)13-7-2-3-8-14(13)17/h2-3,7-8,12H,4-6,9-11H2,1H3,(H,18,19,20). The fourth-order valence-corrected chi connectivity index (χ4v) is 3.72. The van der Waals surface area contributed by atoms with Crippen LogP contribution in [0.1, 0.15) is 25.7 Å². The van der Waals surface area contributed by atoms with Gasteiger partial charge in [-0.3, -0.25) is 5.10 Å². The van der Waals surface area contributed by atoms with Gasteiger partial charge < -0.3 is 4.90 Å². The molecule has 6 heteroatoms. The normalized spacial score (nSPS) is 19.5. The van der Waals surface area contributed by atoms with Crippen molar-refractivity contribution >= 4 is 11.8 Å². The topological polar surface area (TPSA) is 44.8 Å². The first kappa shape index (κ1) is 15.5. The lowest BCUT2D eigenvalue weighted by atomic mass is 10.0. The van der Waals surface area contributed by atoms with Crippen LogP contribution in [0.5, 0.6) is 0 Å². The second-order valence-electron chi connectivity index (χ2n) is 5.71. The molecule has 2 aromatic rings. The SMILES string of the molecule is CN1CCCCC1CCSc1n[nH]c(-c2ccccc2F)n1. The van der Waals surface area contributed by atoms with Crippen LogP contribution in [0.3, 0.4) is 0 Å². The molecule has 2 heterocycles. The van der Waals surface area contributed by atoms with Gasteiger partial charge >= 0.3 is 0 Å². The fourth-order valence-electron chi connectivity index (χ4n) is 2.88. The number of hydrogen-bond donors (Lipinski definition) is 1. The smallest absolute Gasteiger partial charge is 0.208 e. The number of rotatable bonds is 5. The second-order valence-corrected chi connectivity index (χ2v) is 6.78. The summed E-state index contributed by atoms with van der Waals surface area (Å²) in [6.07, 6.45) is 5.07. The predicted molar refractivity (Wildman–Crippen MR) is 87.4 cm³/mol. The Morgan fingerprint density at radius 1 is 1.36 bits per heavy atom. The molecule has 1 atom stereocenters. The predicted octanol–water partition coefficient (Wildman–Crippen LogP) is 3.58. The van der Waals surface area contributed by atoms with Crippen LogP contribution in [0.4, 0.5) is 4.39 Å². The van der Waals surface area contributed by atoms with E-state index in [0.29, 0.717) is 22.6 Å². The van der Waals surface area contributed by atoms with E-state index in [9.17, 15) is 4.39 Å². The molecule has 0 bridgehead atoms. The molecule has 1 N–H and O–H groups in total. The number of aromatic nitrogens is 3. The maximum absolute atomic E-state index is 13.7. The molecular weight excluding hydrogens is 299 g/mol. The maximum Gasteiger partial charge on any atom is 0.208 e. The number of halogens is 1. The summed E-state index contributed by atoms with van der Waals surface area (Å²) in [6, 6.07) is 7.29. The van der Waals surface area contributed by atoms with Crippen LogP contribution in [0, 0.1) is 5.82 Å². The molecule has 3 rings (SSSR count). The van der Waals surface area contributed by atoms with Crippen molar-refractivity contribution in [3.05, 3.63) is 30.1 Å². The summed E-state index contributed by atoms with van der Waals surface area (Å²) in [6.45, 7) is 1.20. The number of piperidine rings is 1. The first-order valence-corrected chi connectivity index (χ1v) is 8.73. The first-order valence-electron chi connectivity index (χ1n) is 7.74. The Bertz CT molecular complexity index is 616. The third-order valence-corrected chi connectivity index (χ3v) is 5.08. The van der Waals surface area contributed by atoms with Gasteiger partial charge in [0.1, 0.15) is 5.82 Å². The number of nitrogens with zero attached hydrogens (tertiary/aromatic N) is 3. The summed E-state index contributed by atoms with van der Waals surface area (Å²) < 4.78 is 13.7. The molecule has 0 radical (unpaired) electrons. The van der Waals surface area contributed by atoms with Gasteiger partial charge in [-0.1, -0.05) is 30.3 Å². The third kappa shape index (κ3) is 3.67. The summed E-state index contributed by atoms with van der Waals surface area (Å²) in [4.78, 5) is 6.84. The summed E-state index contributed by atoms with van der Waals surface area (Å²) in [7, 11) is 2.21. The van der Waals surface area contributed by atoms with Gasteiger partial charge in [0.15, 0.2) is 5.82 Å². The van der Waals surface area contributed by atoms with Crippen molar-refractivity contribution in [1.82, 2.24) is 20.1 Å². The van der Waals surface area contributed by atoms with E-state index in [4.69, 9.17) is 0 Å². The number of hydrogen-bond acceptors (Lipinski definition) is 4. The largest absolute Gasteiger partial charge is 0.303 e. The van der Waals surface area contributed by atoms with E-state index in [0.717, 1.165) is 12.2 Å². The van der Waals surface area contributed by atoms with Crippen LogP contribution >= 0.6 is 11.8 Å². The fraction of sp³-hybridized carbons (Fsp3) is 0.500. The molecule has 1 aliphatic rings. The molecule has 1 aliphatic heterocycles. The highest BCUT2D eigenvalue weighted by atomic mass is 32.2. The molecule has 1 unspecified atom stereocenters. The second kappa shape index (κ2) is 7.24. The molecule has 22 heavy (non-hydrogen) atoms. The zero-order chi connectivity index (χ0) is 15.4. The summed E-state index contributed by atoms with van der Waals surface area (Å²) in [5.41, 5.74) is 0.467. The van der Waals surface area contributed by atoms with Gasteiger partial charge in [-0.25, -0.2) is 9.37 Å². The summed E-state index contributed by atoms with van der Waals surface area (Å²) in [5.74, 6) is 1.21. The van der Waals surface area contributed by atoms with Gasteiger partial charge in [-0.05, 0) is 45.0 Å². The molecular formula is C16H21FN4S. The van der Waals surface area contributed by atoms with Gasteiger partial charge in [0.25, 0.3) is 0 Å². The molecule has 118 valence electrons. The van der Waals surface area contributed by atoms with Crippen molar-refractivity contribution in [2.24, 2.45) is 0 Å². The van der Waals surface area contributed by atoms with E-state index >= 15 is 0 Å². The number of nitrogens with one attached hydrogen (secondary N) is 1. The van der Waals surface area contributed by atoms with Crippen LogP contribution in [-0.2, 0) is 0 Å². The van der Waals surface area contributed by atoms with Gasteiger partial charge in [-0.2, -0.15) is 0 Å². The Kier molecular flexibility index (Phi) is 5.10. The van der Waals surface area contributed by atoms with Crippen molar-refractivity contribution in [1.29, 1.82) is 0 Å². The van der Waals surface area contributed by atoms with Crippen molar-refractivity contribution in [3.63, 3.8) is 0 Å². The Hall–Kier alpha value is -1.40. The van der Waals surface area contributed by atoms with E-state index in [-0.39, 0.29) is 5.82 Å². The molecule has 1 aromatic heterocycles. The summed E-state index contributed by atoms with van der Waals surface area (Å²) >= 11 is 1.63. The van der Waals surface area contributed by atoms with Crippen molar-refractivity contribution in [2.45, 2.75) is 36.9 Å². The van der Waals surface area contributed by atoms with E-state index in [2.05, 4.69) is 27.1 Å². The Morgan fingerprint density at radius 2 is 2.23 bits per heavy atom. The molecule has 4 nitrogen and oxygen atoms in total. The lowest BCUT2D eigenvalue weighted by Gasteiger charge is -2.32. The number of aromatic amines is 1. The molecule has 0 saturated carbocycles. The average Bonchev–Trinajstić information content (AvgIpc) is 2.98. The molecule has 0 spiro atoms. The minimum Gasteiger partial charge on any atom is -0.303 e. The van der Waals surface area contributed by atoms with Gasteiger partial charge in [-0.15, -0.1) is 5.10 Å². The van der Waals surface area contributed by atoms with Crippen LogP contribution in [-0.4, -0.2) is 45.5 Å². The quantitative estimate of drug-likeness (QED) is 0.855. The molecule has 1 aromatic carbocycles. The van der Waals surface area contributed by atoms with Gasteiger partial charge in [0.05, 0.1) is 5.56 Å². The van der Waals surface area contributed by atoms with Crippen LogP contribution in [0.15, 0.2) is 29.4 Å². The van der Waals surface area contributed by atoms with Gasteiger partial charge in [0, 0.05) is 11.8 Å². The highest BCUT2D eigenvalue weighted by Gasteiger charge is 2.18. The lowest BCUT2D eigenvalue weighted by Crippen LogP contribution is -2.36. The molecule has 1 fully saturated rings. The number of likely N-dealkylation sites (tertiary alicyclic amines) is 1. The lowest BCUT2D eigenvalue weighted by molar-refractivity contribution is 0.182. The minimum absolute atomic E-state index is 0.279. The highest BCUT2D eigenvalue weighted by molar-refractivity contribution is 7.99. The van der Waals surface area contributed by atoms with Crippen LogP contribution in [0.25, 0.3) is 11.4 Å². The molecule has 0 aliphatic carbocycles. The van der Waals surface area contributed by atoms with Crippen molar-refractivity contribution in [2.75, 3.05) is 19.3 Å². The zero-order valence-electron chi connectivity index (χ0n) is 12.8. The van der Waals surface area contributed by atoms with E-state index in [1.807, 2.05) is 0 Å². The highest BCUT2D eigenvalue weighted by Crippen LogP contribution is 2.24. The first-order chi connectivity index (χ1) is 10.7. The summed E-state index contributed by atoms with van der Waals surface area (Å²) in [5, 5.41) is 7.70. The van der Waals surface area contributed by atoms with Crippen molar-refractivity contribution in [3.8, 4) is 11.4 Å². The van der Waals surface area contributed by atoms with E-state index in [1.165, 1.54) is 31.9 Å². The molecule has 0 amide bonds. The Morgan fingerprint density at radius 3 is 3.05 bits per heavy atom. The monoisotopic (exact) mass is 320 g/mol. The minimum atomic E-state index is -0.279.